The van der Waals surface area contributed by atoms with Gasteiger partial charge in [-0.3, -0.25) is 4.79 Å². The van der Waals surface area contributed by atoms with Gasteiger partial charge in [0.25, 0.3) is 5.91 Å². The van der Waals surface area contributed by atoms with Crippen LogP contribution in [-0.4, -0.2) is 36.4 Å². The topological polar surface area (TPSA) is 67.8 Å². The predicted octanol–water partition coefficient (Wildman–Crippen LogP) is 3.98. The second kappa shape index (κ2) is 6.98. The van der Waals surface area contributed by atoms with Crippen molar-refractivity contribution < 1.29 is 32.5 Å². The Morgan fingerprint density at radius 3 is 2.56 bits per heavy atom. The molecule has 8 heteroatoms. The fraction of sp³-hybridized carbons (Fsp3) is 0.526. The Kier molecular flexibility index (Phi) is 5.01. The lowest BCUT2D eigenvalue weighted by atomic mass is 9.83. The minimum Gasteiger partial charge on any atom is -0.509 e. The van der Waals surface area contributed by atoms with Crippen LogP contribution in [0.1, 0.15) is 38.2 Å². The van der Waals surface area contributed by atoms with Crippen molar-refractivity contribution in [3.63, 3.8) is 0 Å². The van der Waals surface area contributed by atoms with Crippen LogP contribution in [0.3, 0.4) is 0 Å². The molecule has 0 aromatic heterocycles. The summed E-state index contributed by atoms with van der Waals surface area (Å²) in [5.74, 6) is -0.225. The van der Waals surface area contributed by atoms with E-state index >= 15 is 0 Å². The van der Waals surface area contributed by atoms with E-state index in [2.05, 4.69) is 5.32 Å². The normalized spacial score (nSPS) is 23.7. The van der Waals surface area contributed by atoms with Crippen molar-refractivity contribution in [2.24, 2.45) is 5.92 Å². The minimum absolute atomic E-state index is 0.0371. The molecule has 1 heterocycles. The van der Waals surface area contributed by atoms with Crippen molar-refractivity contribution in [1.29, 1.82) is 0 Å². The number of amides is 1. The van der Waals surface area contributed by atoms with E-state index in [1.807, 2.05) is 0 Å². The van der Waals surface area contributed by atoms with Crippen LogP contribution in [0.15, 0.2) is 24.0 Å². The number of hydrogen-bond acceptors (Lipinski definition) is 4. The first-order chi connectivity index (χ1) is 12.7. The van der Waals surface area contributed by atoms with Gasteiger partial charge in [-0.15, -0.1) is 0 Å². The summed E-state index contributed by atoms with van der Waals surface area (Å²) in [5.41, 5.74) is -0.448. The molecule has 1 fully saturated rings. The van der Waals surface area contributed by atoms with Crippen LogP contribution >= 0.6 is 0 Å². The second-order valence-electron chi connectivity index (χ2n) is 7.13. The van der Waals surface area contributed by atoms with Gasteiger partial charge in [-0.2, -0.15) is 13.2 Å². The van der Waals surface area contributed by atoms with Crippen LogP contribution < -0.4 is 14.8 Å². The number of hydrogen-bond donors (Lipinski definition) is 2. The molecule has 1 aliphatic carbocycles. The molecule has 1 atom stereocenters. The number of carbonyl (C=O) groups is 1. The van der Waals surface area contributed by atoms with Gasteiger partial charge in [-0.25, -0.2) is 0 Å². The summed E-state index contributed by atoms with van der Waals surface area (Å²) in [7, 11) is 1.34. The van der Waals surface area contributed by atoms with Gasteiger partial charge in [-0.1, -0.05) is 12.8 Å². The van der Waals surface area contributed by atoms with Gasteiger partial charge in [-0.05, 0) is 37.8 Å². The first-order valence-electron chi connectivity index (χ1n) is 8.80. The van der Waals surface area contributed by atoms with Crippen LogP contribution in [0.5, 0.6) is 11.5 Å². The first-order valence-corrected chi connectivity index (χ1v) is 8.80. The number of benzene rings is 1. The average molecular weight is 385 g/mol. The molecule has 0 radical (unpaired) electrons. The molecule has 1 saturated carbocycles. The van der Waals surface area contributed by atoms with Crippen LogP contribution in [0, 0.1) is 5.92 Å². The van der Waals surface area contributed by atoms with E-state index in [0.717, 1.165) is 25.7 Å². The molecular formula is C19H22F3NO4. The molecule has 27 heavy (non-hydrogen) atoms. The number of aliphatic hydroxyl groups is 1. The Labute approximate surface area is 155 Å². The van der Waals surface area contributed by atoms with Crippen molar-refractivity contribution in [2.45, 2.75) is 44.3 Å². The second-order valence-corrected chi connectivity index (χ2v) is 7.13. The standard InChI is InChI=1S/C19H22F3NO4/c1-18(11-5-3-4-6-11)16(24)15(17(25)23-18)13-8-7-12(9-14(13)26-2)27-10-19(20,21)22/h7-9,11,24H,3-6,10H2,1-2H3,(H,23,25). The summed E-state index contributed by atoms with van der Waals surface area (Å²) in [4.78, 5) is 12.6. The molecule has 2 aliphatic rings. The molecule has 1 unspecified atom stereocenters. The van der Waals surface area contributed by atoms with Crippen LogP contribution in [0.4, 0.5) is 13.2 Å². The molecular weight excluding hydrogens is 363 g/mol. The number of ether oxygens (including phenoxy) is 2. The van der Waals surface area contributed by atoms with Crippen LogP contribution in [-0.2, 0) is 4.79 Å². The number of carbonyl (C=O) groups excluding carboxylic acids is 1. The third-order valence-corrected chi connectivity index (χ3v) is 5.35. The first kappa shape index (κ1) is 19.4. The number of alkyl halides is 3. The Bertz CT molecular complexity index is 769. The number of nitrogens with one attached hydrogen (secondary N) is 1. The Hall–Kier alpha value is -2.38. The molecule has 1 amide bonds. The maximum Gasteiger partial charge on any atom is 0.422 e. The van der Waals surface area contributed by atoms with E-state index in [-0.39, 0.29) is 28.7 Å². The zero-order valence-corrected chi connectivity index (χ0v) is 15.2. The van der Waals surface area contributed by atoms with Crippen molar-refractivity contribution in [3.8, 4) is 11.5 Å². The SMILES string of the molecule is COc1cc(OCC(F)(F)F)ccc1C1=C(O)C(C)(C2CCCC2)NC1=O. The van der Waals surface area contributed by atoms with E-state index in [1.54, 1.807) is 6.92 Å². The summed E-state index contributed by atoms with van der Waals surface area (Å²) >= 11 is 0. The summed E-state index contributed by atoms with van der Waals surface area (Å²) < 4.78 is 47.0. The maximum atomic E-state index is 12.6. The summed E-state index contributed by atoms with van der Waals surface area (Å²) in [6.07, 6.45) is -0.535. The van der Waals surface area contributed by atoms with Gasteiger partial charge in [0.15, 0.2) is 6.61 Å². The smallest absolute Gasteiger partial charge is 0.422 e. The lowest BCUT2D eigenvalue weighted by Gasteiger charge is -2.31. The van der Waals surface area contributed by atoms with E-state index in [0.29, 0.717) is 5.56 Å². The quantitative estimate of drug-likeness (QED) is 0.805. The number of aliphatic hydroxyl groups excluding tert-OH is 1. The Morgan fingerprint density at radius 2 is 1.96 bits per heavy atom. The summed E-state index contributed by atoms with van der Waals surface area (Å²) in [5, 5.41) is 13.7. The number of rotatable bonds is 5. The van der Waals surface area contributed by atoms with E-state index in [4.69, 9.17) is 9.47 Å². The van der Waals surface area contributed by atoms with Gasteiger partial charge in [0, 0.05) is 11.6 Å². The third-order valence-electron chi connectivity index (χ3n) is 5.35. The molecule has 0 saturated heterocycles. The van der Waals surface area contributed by atoms with E-state index < -0.39 is 24.2 Å². The van der Waals surface area contributed by atoms with Crippen molar-refractivity contribution in [1.82, 2.24) is 5.32 Å². The molecule has 0 bridgehead atoms. The highest BCUT2D eigenvalue weighted by molar-refractivity contribution is 6.23. The minimum atomic E-state index is -4.46. The molecule has 2 N–H and O–H groups in total. The fourth-order valence-electron chi connectivity index (χ4n) is 3.91. The monoisotopic (exact) mass is 385 g/mol. The Balaban J connectivity index is 1.94. The van der Waals surface area contributed by atoms with Gasteiger partial charge >= 0.3 is 6.18 Å². The highest BCUT2D eigenvalue weighted by atomic mass is 19.4. The predicted molar refractivity (Wildman–Crippen MR) is 92.6 cm³/mol. The molecule has 1 aromatic rings. The number of methoxy groups -OCH3 is 1. The largest absolute Gasteiger partial charge is 0.509 e. The van der Waals surface area contributed by atoms with Gasteiger partial charge in [0.05, 0.1) is 18.2 Å². The van der Waals surface area contributed by atoms with Crippen LogP contribution in [0.25, 0.3) is 5.57 Å². The highest BCUT2D eigenvalue weighted by Gasteiger charge is 2.48. The molecule has 5 nitrogen and oxygen atoms in total. The molecule has 1 aromatic carbocycles. The zero-order valence-electron chi connectivity index (χ0n) is 15.2. The van der Waals surface area contributed by atoms with Gasteiger partial charge in [0.1, 0.15) is 17.3 Å². The fourth-order valence-corrected chi connectivity index (χ4v) is 3.91. The third kappa shape index (κ3) is 3.70. The maximum absolute atomic E-state index is 12.6. The Morgan fingerprint density at radius 1 is 1.30 bits per heavy atom. The average Bonchev–Trinajstić information content (AvgIpc) is 3.21. The van der Waals surface area contributed by atoms with Gasteiger partial charge in [0.2, 0.25) is 0 Å². The summed E-state index contributed by atoms with van der Waals surface area (Å²) in [6, 6.07) is 4.03. The zero-order chi connectivity index (χ0) is 19.8. The lowest BCUT2D eigenvalue weighted by molar-refractivity contribution is -0.153. The van der Waals surface area contributed by atoms with Crippen molar-refractivity contribution in [3.05, 3.63) is 29.5 Å². The molecule has 0 spiro atoms. The van der Waals surface area contributed by atoms with E-state index in [1.165, 1.54) is 25.3 Å². The number of halogens is 3. The molecule has 148 valence electrons. The highest BCUT2D eigenvalue weighted by Crippen LogP contribution is 2.45. The lowest BCUT2D eigenvalue weighted by Crippen LogP contribution is -2.47. The van der Waals surface area contributed by atoms with Gasteiger partial charge < -0.3 is 19.9 Å². The summed E-state index contributed by atoms with van der Waals surface area (Å²) in [6.45, 7) is 0.375. The van der Waals surface area contributed by atoms with Crippen LogP contribution in [0.2, 0.25) is 0 Å². The van der Waals surface area contributed by atoms with E-state index in [9.17, 15) is 23.1 Å². The molecule has 1 aliphatic heterocycles. The van der Waals surface area contributed by atoms with Crippen molar-refractivity contribution in [2.75, 3.05) is 13.7 Å². The van der Waals surface area contributed by atoms with Crippen molar-refractivity contribution >= 4 is 11.5 Å². The molecule has 3 rings (SSSR count).